The zero-order chi connectivity index (χ0) is 20.6. The average molecular weight is 391 g/mol. The first-order valence-electron chi connectivity index (χ1n) is 8.59. The molecule has 0 atom stereocenters. The van der Waals surface area contributed by atoms with Crippen molar-refractivity contribution in [1.29, 1.82) is 0 Å². The number of pyridine rings is 1. The molecule has 0 fully saturated rings. The summed E-state index contributed by atoms with van der Waals surface area (Å²) in [6.45, 7) is 1.76. The van der Waals surface area contributed by atoms with Crippen LogP contribution in [-0.2, 0) is 0 Å². The predicted octanol–water partition coefficient (Wildman–Crippen LogP) is 3.19. The number of carbonyl (C=O) groups excluding carboxylic acids is 1. The van der Waals surface area contributed by atoms with E-state index in [2.05, 4.69) is 30.6 Å². The first kappa shape index (κ1) is 19.6. The fourth-order valence-electron chi connectivity index (χ4n) is 2.34. The Hall–Kier alpha value is -4.14. The Balaban J connectivity index is 1.76. The molecular formula is C20H18FN7O. The number of benzene rings is 1. The Morgan fingerprint density at radius 3 is 2.66 bits per heavy atom. The number of aryl methyl sites for hydroxylation is 1. The van der Waals surface area contributed by atoms with Crippen LogP contribution in [0.1, 0.15) is 16.2 Å². The number of nitrogens with one attached hydrogen (secondary N) is 2. The van der Waals surface area contributed by atoms with Crippen LogP contribution in [-0.4, -0.2) is 26.7 Å². The molecule has 3 rings (SSSR count). The molecule has 0 aliphatic heterocycles. The van der Waals surface area contributed by atoms with E-state index in [0.29, 0.717) is 17.1 Å². The van der Waals surface area contributed by atoms with Gasteiger partial charge in [-0.2, -0.15) is 4.99 Å². The molecule has 0 saturated carbocycles. The summed E-state index contributed by atoms with van der Waals surface area (Å²) >= 11 is 0. The zero-order valence-corrected chi connectivity index (χ0v) is 15.5. The molecule has 29 heavy (non-hydrogen) atoms. The summed E-state index contributed by atoms with van der Waals surface area (Å²) in [6, 6.07) is 9.64. The number of hydrogen-bond acceptors (Lipinski definition) is 6. The maximum atomic E-state index is 13.6. The number of nitrogens with two attached hydrogens (primary N) is 1. The van der Waals surface area contributed by atoms with E-state index in [9.17, 15) is 9.18 Å². The van der Waals surface area contributed by atoms with Gasteiger partial charge in [0.25, 0.3) is 5.91 Å². The molecule has 8 nitrogen and oxygen atoms in total. The van der Waals surface area contributed by atoms with Crippen LogP contribution >= 0.6 is 0 Å². The first-order chi connectivity index (χ1) is 14.0. The van der Waals surface area contributed by atoms with Crippen LogP contribution in [0.3, 0.4) is 0 Å². The lowest BCUT2D eigenvalue weighted by Gasteiger charge is -2.09. The van der Waals surface area contributed by atoms with Crippen LogP contribution in [0, 0.1) is 12.7 Å². The highest BCUT2D eigenvalue weighted by atomic mass is 19.1. The van der Waals surface area contributed by atoms with Crippen LogP contribution < -0.4 is 16.4 Å². The van der Waals surface area contributed by atoms with E-state index in [4.69, 9.17) is 5.73 Å². The fourth-order valence-corrected chi connectivity index (χ4v) is 2.34. The molecule has 4 N–H and O–H groups in total. The van der Waals surface area contributed by atoms with Gasteiger partial charge in [-0.3, -0.25) is 4.79 Å². The van der Waals surface area contributed by atoms with Crippen molar-refractivity contribution in [3.63, 3.8) is 0 Å². The van der Waals surface area contributed by atoms with E-state index < -0.39 is 11.7 Å². The minimum atomic E-state index is -0.624. The summed E-state index contributed by atoms with van der Waals surface area (Å²) in [5.74, 6) is -1.09. The van der Waals surface area contributed by atoms with Crippen LogP contribution in [0.15, 0.2) is 72.4 Å². The number of carbonyl (C=O) groups is 1. The molecule has 1 aromatic carbocycles. The zero-order valence-electron chi connectivity index (χ0n) is 15.5. The molecule has 0 bridgehead atoms. The lowest BCUT2D eigenvalue weighted by atomic mass is 10.2. The number of rotatable bonds is 6. The highest BCUT2D eigenvalue weighted by Gasteiger charge is 2.14. The first-order valence-corrected chi connectivity index (χ1v) is 8.59. The van der Waals surface area contributed by atoms with Gasteiger partial charge in [0.2, 0.25) is 0 Å². The second kappa shape index (κ2) is 9.18. The summed E-state index contributed by atoms with van der Waals surface area (Å²) < 4.78 is 13.6. The Kier molecular flexibility index (Phi) is 6.21. The summed E-state index contributed by atoms with van der Waals surface area (Å²) in [5, 5.41) is 5.77. The SMILES string of the molecule is Cc1ccc(Nc2cncnc2)c(C(=O)N=C(N)/C=C\Nc2ccccc2F)n1. The molecule has 2 heterocycles. The van der Waals surface area contributed by atoms with Crippen LogP contribution in [0.2, 0.25) is 0 Å². The maximum absolute atomic E-state index is 13.6. The number of anilines is 3. The summed E-state index contributed by atoms with van der Waals surface area (Å²) in [6.07, 6.45) is 7.29. The Morgan fingerprint density at radius 2 is 1.90 bits per heavy atom. The average Bonchev–Trinajstić information content (AvgIpc) is 2.71. The number of halogens is 1. The molecule has 0 spiro atoms. The third-order valence-electron chi connectivity index (χ3n) is 3.67. The Morgan fingerprint density at radius 1 is 1.14 bits per heavy atom. The lowest BCUT2D eigenvalue weighted by Crippen LogP contribution is -2.14. The Labute approximate surface area is 166 Å². The monoisotopic (exact) mass is 391 g/mol. The molecular weight excluding hydrogens is 373 g/mol. The van der Waals surface area contributed by atoms with Crippen molar-refractivity contribution in [2.75, 3.05) is 10.6 Å². The molecule has 1 amide bonds. The van der Waals surface area contributed by atoms with Gasteiger partial charge in [0.05, 0.1) is 29.5 Å². The van der Waals surface area contributed by atoms with Crippen molar-refractivity contribution < 1.29 is 9.18 Å². The van der Waals surface area contributed by atoms with Gasteiger partial charge in [-0.25, -0.2) is 19.3 Å². The smallest absolute Gasteiger partial charge is 0.299 e. The fraction of sp³-hybridized carbons (Fsp3) is 0.0500. The molecule has 0 unspecified atom stereocenters. The van der Waals surface area contributed by atoms with E-state index in [0.717, 1.165) is 0 Å². The highest BCUT2D eigenvalue weighted by Crippen LogP contribution is 2.20. The number of amides is 1. The van der Waals surface area contributed by atoms with Gasteiger partial charge in [-0.1, -0.05) is 12.1 Å². The number of hydrogen-bond donors (Lipinski definition) is 3. The number of aromatic nitrogens is 3. The van der Waals surface area contributed by atoms with Crippen molar-refractivity contribution in [3.8, 4) is 0 Å². The van der Waals surface area contributed by atoms with Gasteiger partial charge in [-0.05, 0) is 37.3 Å². The third kappa shape index (κ3) is 5.42. The van der Waals surface area contributed by atoms with E-state index in [1.54, 1.807) is 49.6 Å². The quantitative estimate of drug-likeness (QED) is 0.436. The van der Waals surface area contributed by atoms with Gasteiger partial charge >= 0.3 is 0 Å². The van der Waals surface area contributed by atoms with Crippen LogP contribution in [0.25, 0.3) is 0 Å². The molecule has 9 heteroatoms. The second-order valence-corrected chi connectivity index (χ2v) is 5.90. The topological polar surface area (TPSA) is 118 Å². The molecule has 0 radical (unpaired) electrons. The van der Waals surface area contributed by atoms with Gasteiger partial charge in [-0.15, -0.1) is 0 Å². The molecule has 146 valence electrons. The number of nitrogens with zero attached hydrogens (tertiary/aromatic N) is 4. The molecule has 0 aliphatic rings. The Bertz CT molecular complexity index is 1070. The van der Waals surface area contributed by atoms with Gasteiger partial charge in [0, 0.05) is 11.9 Å². The van der Waals surface area contributed by atoms with Gasteiger partial charge in [0.1, 0.15) is 18.0 Å². The van der Waals surface area contributed by atoms with Crippen molar-refractivity contribution in [2.24, 2.45) is 10.7 Å². The van der Waals surface area contributed by atoms with E-state index >= 15 is 0 Å². The van der Waals surface area contributed by atoms with E-state index in [-0.39, 0.29) is 17.2 Å². The lowest BCUT2D eigenvalue weighted by molar-refractivity contribution is 0.0999. The van der Waals surface area contributed by atoms with Crippen molar-refractivity contribution >= 4 is 28.8 Å². The van der Waals surface area contributed by atoms with Crippen molar-refractivity contribution in [1.82, 2.24) is 15.0 Å². The summed E-state index contributed by atoms with van der Waals surface area (Å²) in [7, 11) is 0. The maximum Gasteiger partial charge on any atom is 0.299 e. The van der Waals surface area contributed by atoms with Crippen molar-refractivity contribution in [3.05, 3.63) is 84.6 Å². The standard InChI is InChI=1S/C20H18FN7O/c1-13-6-7-17(27-14-10-23-12-24-11-14)19(26-13)20(29)28-18(22)8-9-25-16-5-3-2-4-15(16)21/h2-12,25,27H,1H3,(H2,22,28,29)/b9-8-. The number of para-hydroxylation sites is 1. The van der Waals surface area contributed by atoms with Crippen molar-refractivity contribution in [2.45, 2.75) is 6.92 Å². The van der Waals surface area contributed by atoms with Crippen LogP contribution in [0.4, 0.5) is 21.5 Å². The molecule has 0 saturated heterocycles. The van der Waals surface area contributed by atoms with E-state index in [1.807, 2.05) is 0 Å². The number of aliphatic imine (C=N–C) groups is 1. The van der Waals surface area contributed by atoms with Crippen LogP contribution in [0.5, 0.6) is 0 Å². The third-order valence-corrected chi connectivity index (χ3v) is 3.67. The normalized spacial score (nSPS) is 11.4. The van der Waals surface area contributed by atoms with Gasteiger partial charge < -0.3 is 16.4 Å². The summed E-state index contributed by atoms with van der Waals surface area (Å²) in [4.78, 5) is 28.5. The summed E-state index contributed by atoms with van der Waals surface area (Å²) in [5.41, 5.74) is 7.86. The molecule has 3 aromatic rings. The highest BCUT2D eigenvalue weighted by molar-refractivity contribution is 6.08. The minimum Gasteiger partial charge on any atom is -0.384 e. The van der Waals surface area contributed by atoms with Gasteiger partial charge in [0.15, 0.2) is 5.69 Å². The molecule has 0 aliphatic carbocycles. The number of amidine groups is 1. The molecule has 2 aromatic heterocycles. The minimum absolute atomic E-state index is 0.0591. The van der Waals surface area contributed by atoms with E-state index in [1.165, 1.54) is 24.7 Å². The second-order valence-electron chi connectivity index (χ2n) is 5.90. The largest absolute Gasteiger partial charge is 0.384 e. The predicted molar refractivity (Wildman–Crippen MR) is 109 cm³/mol.